The molecule has 0 aliphatic carbocycles. The van der Waals surface area contributed by atoms with Crippen LogP contribution in [0.4, 0.5) is 10.5 Å². The van der Waals surface area contributed by atoms with Gasteiger partial charge in [-0.2, -0.15) is 0 Å². The molecule has 2 aromatic carbocycles. The van der Waals surface area contributed by atoms with Crippen LogP contribution in [0.3, 0.4) is 0 Å². The van der Waals surface area contributed by atoms with Gasteiger partial charge in [0.2, 0.25) is 0 Å². The van der Waals surface area contributed by atoms with Gasteiger partial charge < -0.3 is 19.7 Å². The summed E-state index contributed by atoms with van der Waals surface area (Å²) >= 11 is 8.29. The number of amides is 1. The van der Waals surface area contributed by atoms with Crippen molar-refractivity contribution in [2.24, 2.45) is 0 Å². The van der Waals surface area contributed by atoms with Gasteiger partial charge in [0.05, 0.1) is 4.47 Å². The van der Waals surface area contributed by atoms with E-state index in [4.69, 9.17) is 9.47 Å². The number of ether oxygens (including phenoxy) is 2. The van der Waals surface area contributed by atoms with Crippen LogP contribution in [0, 0.1) is 0 Å². The normalized spacial score (nSPS) is 13.0. The molecule has 29 heavy (non-hydrogen) atoms. The van der Waals surface area contributed by atoms with Gasteiger partial charge in [0.15, 0.2) is 6.10 Å². The number of carbonyl (C=O) groups is 1. The van der Waals surface area contributed by atoms with E-state index in [9.17, 15) is 15.0 Å². The molecule has 3 N–H and O–H groups in total. The molecular formula is C20H23Br2NO5S. The average molecular weight is 549 g/mol. The molecule has 0 saturated carbocycles. The molecule has 0 aliphatic rings. The van der Waals surface area contributed by atoms with Crippen LogP contribution in [0.25, 0.3) is 0 Å². The van der Waals surface area contributed by atoms with E-state index in [0.29, 0.717) is 26.8 Å². The summed E-state index contributed by atoms with van der Waals surface area (Å²) in [4.78, 5) is 13.7. The number of aliphatic hydroxyl groups is 1. The maximum atomic E-state index is 12.6. The predicted octanol–water partition coefficient (Wildman–Crippen LogP) is 5.72. The van der Waals surface area contributed by atoms with E-state index >= 15 is 0 Å². The fraction of sp³-hybridized carbons (Fsp3) is 0.350. The molecule has 0 bridgehead atoms. The molecule has 0 aliphatic heterocycles. The van der Waals surface area contributed by atoms with Gasteiger partial charge in [-0.1, -0.05) is 15.9 Å². The van der Waals surface area contributed by atoms with E-state index in [2.05, 4.69) is 37.2 Å². The summed E-state index contributed by atoms with van der Waals surface area (Å²) in [5.74, 6) is -0.0574. The number of benzene rings is 2. The van der Waals surface area contributed by atoms with Crippen molar-refractivity contribution in [1.29, 1.82) is 0 Å². The molecule has 1 amide bonds. The lowest BCUT2D eigenvalue weighted by Crippen LogP contribution is -2.30. The number of rotatable bonds is 9. The van der Waals surface area contributed by atoms with Gasteiger partial charge in [-0.15, -0.1) is 11.8 Å². The highest BCUT2D eigenvalue weighted by Crippen LogP contribution is 2.39. The molecule has 2 rings (SSSR count). The zero-order valence-electron chi connectivity index (χ0n) is 16.0. The molecule has 0 fully saturated rings. The third-order valence-corrected chi connectivity index (χ3v) is 5.87. The van der Waals surface area contributed by atoms with Gasteiger partial charge in [0, 0.05) is 40.3 Å². The Morgan fingerprint density at radius 3 is 2.52 bits per heavy atom. The molecular weight excluding hydrogens is 526 g/mol. The molecule has 0 radical (unpaired) electrons. The van der Waals surface area contributed by atoms with E-state index in [0.717, 1.165) is 4.90 Å². The lowest BCUT2D eigenvalue weighted by Gasteiger charge is -2.28. The first kappa shape index (κ1) is 24.0. The number of phenols is 1. The summed E-state index contributed by atoms with van der Waals surface area (Å²) in [5, 5.41) is 22.7. The van der Waals surface area contributed by atoms with Crippen LogP contribution in [0.2, 0.25) is 0 Å². The summed E-state index contributed by atoms with van der Waals surface area (Å²) < 4.78 is 12.5. The van der Waals surface area contributed by atoms with Crippen LogP contribution < -0.4 is 5.32 Å². The number of phenolic OH excluding ortho intramolecular Hbond substituents is 1. The molecule has 158 valence electrons. The third kappa shape index (κ3) is 6.89. The number of hydrogen-bond acceptors (Lipinski definition) is 6. The Balaban J connectivity index is 2.30. The average Bonchev–Trinajstić information content (AvgIpc) is 2.69. The maximum absolute atomic E-state index is 12.6. The molecule has 0 unspecified atom stereocenters. The second-order valence-electron chi connectivity index (χ2n) is 6.01. The largest absolute Gasteiger partial charge is 0.506 e. The Hall–Kier alpha value is -1.26. The number of aliphatic hydroxyl groups excluding tert-OH is 1. The van der Waals surface area contributed by atoms with Gasteiger partial charge in [-0.25, -0.2) is 4.79 Å². The number of halogens is 2. The monoisotopic (exact) mass is 547 g/mol. The van der Waals surface area contributed by atoms with E-state index in [1.54, 1.807) is 36.0 Å². The highest BCUT2D eigenvalue weighted by Gasteiger charge is 2.31. The SMILES string of the molecule is CCO[C@H](CCO)[C@H](OC(=O)Nc1ccc(SC)cc1)c1cc(Br)cc(Br)c1O. The first-order chi connectivity index (χ1) is 13.9. The van der Waals surface area contributed by atoms with Crippen LogP contribution in [0.15, 0.2) is 50.2 Å². The molecule has 0 spiro atoms. The van der Waals surface area contributed by atoms with E-state index < -0.39 is 18.3 Å². The van der Waals surface area contributed by atoms with Crippen molar-refractivity contribution in [3.05, 3.63) is 50.9 Å². The van der Waals surface area contributed by atoms with Gasteiger partial charge in [-0.05, 0) is 65.5 Å². The molecule has 9 heteroatoms. The molecule has 0 saturated heterocycles. The second kappa shape index (κ2) is 11.8. The summed E-state index contributed by atoms with van der Waals surface area (Å²) in [5.41, 5.74) is 0.951. The first-order valence-electron chi connectivity index (χ1n) is 8.91. The minimum atomic E-state index is -0.929. The van der Waals surface area contributed by atoms with Gasteiger partial charge in [0.1, 0.15) is 11.9 Å². The Morgan fingerprint density at radius 2 is 1.93 bits per heavy atom. The fourth-order valence-electron chi connectivity index (χ4n) is 2.74. The molecule has 2 atom stereocenters. The number of nitrogens with one attached hydrogen (secondary N) is 1. The van der Waals surface area contributed by atoms with Crippen LogP contribution in [0.1, 0.15) is 25.0 Å². The highest BCUT2D eigenvalue weighted by atomic mass is 79.9. The quantitative estimate of drug-likeness (QED) is 0.347. The van der Waals surface area contributed by atoms with Crippen LogP contribution in [0.5, 0.6) is 5.75 Å². The lowest BCUT2D eigenvalue weighted by atomic mass is 10.0. The van der Waals surface area contributed by atoms with Crippen molar-refractivity contribution in [3.8, 4) is 5.75 Å². The topological polar surface area (TPSA) is 88.0 Å². The lowest BCUT2D eigenvalue weighted by molar-refractivity contribution is -0.0491. The summed E-state index contributed by atoms with van der Waals surface area (Å²) in [7, 11) is 0. The van der Waals surface area contributed by atoms with Crippen molar-refractivity contribution >= 4 is 55.4 Å². The van der Waals surface area contributed by atoms with Gasteiger partial charge >= 0.3 is 6.09 Å². The minimum absolute atomic E-state index is 0.0574. The number of thioether (sulfide) groups is 1. The molecule has 0 heterocycles. The van der Waals surface area contributed by atoms with Crippen LogP contribution in [-0.2, 0) is 9.47 Å². The van der Waals surface area contributed by atoms with Gasteiger partial charge in [0.25, 0.3) is 0 Å². The smallest absolute Gasteiger partial charge is 0.412 e. The summed E-state index contributed by atoms with van der Waals surface area (Å²) in [6.07, 6.45) is -0.0513. The highest BCUT2D eigenvalue weighted by molar-refractivity contribution is 9.11. The zero-order valence-corrected chi connectivity index (χ0v) is 20.0. The van der Waals surface area contributed by atoms with E-state index in [-0.39, 0.29) is 18.8 Å². The second-order valence-corrected chi connectivity index (χ2v) is 8.66. The van der Waals surface area contributed by atoms with Crippen LogP contribution >= 0.6 is 43.6 Å². The van der Waals surface area contributed by atoms with Gasteiger partial charge in [-0.3, -0.25) is 5.32 Å². The van der Waals surface area contributed by atoms with E-state index in [1.807, 2.05) is 25.3 Å². The number of aromatic hydroxyl groups is 1. The van der Waals surface area contributed by atoms with Crippen molar-refractivity contribution in [2.45, 2.75) is 30.4 Å². The number of carbonyl (C=O) groups excluding carboxylic acids is 1. The number of anilines is 1. The predicted molar refractivity (Wildman–Crippen MR) is 122 cm³/mol. The first-order valence-corrected chi connectivity index (χ1v) is 11.7. The fourth-order valence-corrected chi connectivity index (χ4v) is 4.41. The Kier molecular flexibility index (Phi) is 9.78. The standard InChI is InChI=1S/C20H23Br2NO5S/c1-3-27-17(8-9-24)19(15-10-12(21)11-16(22)18(15)25)28-20(26)23-13-4-6-14(29-2)7-5-13/h4-7,10-11,17,19,24-25H,3,8-9H2,1-2H3,(H,23,26)/t17-,19-/m1/s1. The summed E-state index contributed by atoms with van der Waals surface area (Å²) in [6.45, 7) is 2.02. The molecule has 2 aromatic rings. The Labute approximate surface area is 191 Å². The minimum Gasteiger partial charge on any atom is -0.506 e. The Morgan fingerprint density at radius 1 is 1.24 bits per heavy atom. The maximum Gasteiger partial charge on any atom is 0.412 e. The van der Waals surface area contributed by atoms with Crippen molar-refractivity contribution in [3.63, 3.8) is 0 Å². The summed E-state index contributed by atoms with van der Waals surface area (Å²) in [6, 6.07) is 10.7. The molecule has 6 nitrogen and oxygen atoms in total. The number of hydrogen-bond donors (Lipinski definition) is 3. The van der Waals surface area contributed by atoms with E-state index in [1.165, 1.54) is 0 Å². The molecule has 0 aromatic heterocycles. The third-order valence-electron chi connectivity index (χ3n) is 4.07. The zero-order chi connectivity index (χ0) is 21.4. The van der Waals surface area contributed by atoms with Crippen molar-refractivity contribution in [1.82, 2.24) is 0 Å². The van der Waals surface area contributed by atoms with Crippen molar-refractivity contribution in [2.75, 3.05) is 24.8 Å². The Bertz CT molecular complexity index is 813. The van der Waals surface area contributed by atoms with Crippen molar-refractivity contribution < 1.29 is 24.5 Å². The van der Waals surface area contributed by atoms with Crippen LogP contribution in [-0.4, -0.2) is 41.9 Å².